The molecule has 0 bridgehead atoms. The van der Waals surface area contributed by atoms with Crippen molar-refractivity contribution in [3.63, 3.8) is 0 Å². The second kappa shape index (κ2) is 6.41. The Morgan fingerprint density at radius 3 is 3.00 bits per heavy atom. The quantitative estimate of drug-likeness (QED) is 0.869. The first-order valence-electron chi connectivity index (χ1n) is 7.84. The molecule has 1 N–H and O–H groups in total. The maximum absolute atomic E-state index is 12.2. The van der Waals surface area contributed by atoms with Crippen LogP contribution in [0.3, 0.4) is 0 Å². The molecule has 1 aromatic carbocycles. The molecule has 21 heavy (non-hydrogen) atoms. The van der Waals surface area contributed by atoms with Crippen LogP contribution in [-0.4, -0.2) is 40.9 Å². The van der Waals surface area contributed by atoms with E-state index in [4.69, 9.17) is 0 Å². The zero-order valence-corrected chi connectivity index (χ0v) is 13.4. The van der Waals surface area contributed by atoms with Crippen molar-refractivity contribution in [2.24, 2.45) is 5.92 Å². The molecule has 1 heterocycles. The third kappa shape index (κ3) is 3.43. The predicted octanol–water partition coefficient (Wildman–Crippen LogP) is 2.50. The van der Waals surface area contributed by atoms with Gasteiger partial charge in [0.2, 0.25) is 5.91 Å². The molecule has 0 spiro atoms. The second-order valence-electron chi connectivity index (χ2n) is 6.20. The highest BCUT2D eigenvalue weighted by molar-refractivity contribution is 8.00. The number of benzene rings is 1. The molecule has 1 aromatic rings. The number of fused-ring (bicyclic) bond motifs is 1. The van der Waals surface area contributed by atoms with E-state index in [0.29, 0.717) is 12.3 Å². The normalized spacial score (nSPS) is 22.4. The highest BCUT2D eigenvalue weighted by Gasteiger charge is 2.28. The van der Waals surface area contributed by atoms with Gasteiger partial charge in [-0.2, -0.15) is 0 Å². The molecule has 3 nitrogen and oxygen atoms in total. The Bertz CT molecular complexity index is 530. The Morgan fingerprint density at radius 2 is 2.24 bits per heavy atom. The molecule has 4 heteroatoms. The topological polar surface area (TPSA) is 40.5 Å². The lowest BCUT2D eigenvalue weighted by Crippen LogP contribution is -2.31. The van der Waals surface area contributed by atoms with Crippen molar-refractivity contribution in [3.05, 3.63) is 29.3 Å². The van der Waals surface area contributed by atoms with Gasteiger partial charge in [-0.3, -0.25) is 4.79 Å². The summed E-state index contributed by atoms with van der Waals surface area (Å²) in [7, 11) is 0. The van der Waals surface area contributed by atoms with E-state index in [-0.39, 0.29) is 17.9 Å². The zero-order chi connectivity index (χ0) is 14.8. The maximum Gasteiger partial charge on any atom is 0.232 e. The van der Waals surface area contributed by atoms with Crippen LogP contribution in [0.4, 0.5) is 0 Å². The molecular formula is C17H23NO2S. The van der Waals surface area contributed by atoms with E-state index < -0.39 is 0 Å². The summed E-state index contributed by atoms with van der Waals surface area (Å²) in [6.45, 7) is 3.32. The zero-order valence-electron chi connectivity index (χ0n) is 12.5. The number of hydrogen-bond donors (Lipinski definition) is 1. The van der Waals surface area contributed by atoms with Gasteiger partial charge in [-0.1, -0.05) is 6.07 Å². The molecule has 3 rings (SSSR count). The first-order chi connectivity index (χ1) is 10.1. The van der Waals surface area contributed by atoms with Crippen LogP contribution < -0.4 is 0 Å². The van der Waals surface area contributed by atoms with Gasteiger partial charge in [-0.25, -0.2) is 0 Å². The van der Waals surface area contributed by atoms with Crippen molar-refractivity contribution in [2.75, 3.05) is 18.8 Å². The summed E-state index contributed by atoms with van der Waals surface area (Å²) in [4.78, 5) is 15.3. The van der Waals surface area contributed by atoms with E-state index >= 15 is 0 Å². The summed E-state index contributed by atoms with van der Waals surface area (Å²) >= 11 is 1.64. The molecule has 114 valence electrons. The number of aliphatic hydroxyl groups is 1. The van der Waals surface area contributed by atoms with Crippen LogP contribution in [0.25, 0.3) is 0 Å². The molecule has 2 atom stereocenters. The van der Waals surface area contributed by atoms with Crippen molar-refractivity contribution in [1.82, 2.24) is 4.90 Å². The van der Waals surface area contributed by atoms with Gasteiger partial charge < -0.3 is 10.0 Å². The van der Waals surface area contributed by atoms with Crippen molar-refractivity contribution in [2.45, 2.75) is 43.6 Å². The predicted molar refractivity (Wildman–Crippen MR) is 85.6 cm³/mol. The minimum atomic E-state index is -0.313. The Morgan fingerprint density at radius 1 is 1.43 bits per heavy atom. The summed E-state index contributed by atoms with van der Waals surface area (Å²) in [5.74, 6) is 0.952. The average molecular weight is 305 g/mol. The van der Waals surface area contributed by atoms with E-state index in [2.05, 4.69) is 18.2 Å². The lowest BCUT2D eigenvalue weighted by molar-refractivity contribution is -0.127. The van der Waals surface area contributed by atoms with Crippen LogP contribution in [0.5, 0.6) is 0 Å². The van der Waals surface area contributed by atoms with Crippen LogP contribution in [0.15, 0.2) is 23.1 Å². The Balaban J connectivity index is 1.52. The fourth-order valence-corrected chi connectivity index (χ4v) is 4.14. The van der Waals surface area contributed by atoms with Crippen molar-refractivity contribution in [1.29, 1.82) is 0 Å². The number of nitrogens with zero attached hydrogens (tertiary/aromatic N) is 1. The van der Waals surface area contributed by atoms with Gasteiger partial charge in [0.1, 0.15) is 0 Å². The van der Waals surface area contributed by atoms with Crippen LogP contribution >= 0.6 is 11.8 Å². The number of rotatable bonds is 4. The van der Waals surface area contributed by atoms with Crippen LogP contribution in [-0.2, 0) is 17.6 Å². The second-order valence-corrected chi connectivity index (χ2v) is 7.25. The van der Waals surface area contributed by atoms with E-state index in [1.807, 2.05) is 11.8 Å². The number of hydrogen-bond acceptors (Lipinski definition) is 3. The largest absolute Gasteiger partial charge is 0.393 e. The maximum atomic E-state index is 12.2. The fourth-order valence-electron chi connectivity index (χ4n) is 3.28. The van der Waals surface area contributed by atoms with E-state index in [9.17, 15) is 9.90 Å². The Hall–Kier alpha value is -1.00. The Labute approximate surface area is 130 Å². The molecule has 1 saturated heterocycles. The van der Waals surface area contributed by atoms with Crippen LogP contribution in [0.1, 0.15) is 30.9 Å². The number of amides is 1. The van der Waals surface area contributed by atoms with Gasteiger partial charge in [0, 0.05) is 23.9 Å². The molecule has 0 aromatic heterocycles. The molecule has 0 radical (unpaired) electrons. The highest BCUT2D eigenvalue weighted by atomic mass is 32.2. The monoisotopic (exact) mass is 305 g/mol. The number of aliphatic hydroxyl groups excluding tert-OH is 1. The third-order valence-electron chi connectivity index (χ3n) is 4.69. The Kier molecular flexibility index (Phi) is 4.55. The number of carbonyl (C=O) groups excluding carboxylic acids is 1. The smallest absolute Gasteiger partial charge is 0.232 e. The fraction of sp³-hybridized carbons (Fsp3) is 0.588. The molecule has 1 amide bonds. The van der Waals surface area contributed by atoms with E-state index in [0.717, 1.165) is 13.0 Å². The molecule has 0 saturated carbocycles. The van der Waals surface area contributed by atoms with Gasteiger partial charge in [0.15, 0.2) is 0 Å². The lowest BCUT2D eigenvalue weighted by atomic mass is 10.0. The highest BCUT2D eigenvalue weighted by Crippen LogP contribution is 2.28. The number of likely N-dealkylation sites (tertiary alicyclic amines) is 1. The number of aryl methyl sites for hydroxylation is 2. The van der Waals surface area contributed by atoms with Crippen molar-refractivity contribution < 1.29 is 9.90 Å². The SMILES string of the molecule is CC(O)C1CCN(C(=O)CSc2ccc3c(c2)CCC3)C1. The van der Waals surface area contributed by atoms with Gasteiger partial charge in [0.05, 0.1) is 11.9 Å². The summed E-state index contributed by atoms with van der Waals surface area (Å²) < 4.78 is 0. The van der Waals surface area contributed by atoms with E-state index in [1.165, 1.54) is 35.3 Å². The summed E-state index contributed by atoms with van der Waals surface area (Å²) in [5.41, 5.74) is 2.94. The van der Waals surface area contributed by atoms with Crippen LogP contribution in [0, 0.1) is 5.92 Å². The first-order valence-corrected chi connectivity index (χ1v) is 8.82. The molecular weight excluding hydrogens is 282 g/mol. The molecule has 1 fully saturated rings. The summed E-state index contributed by atoms with van der Waals surface area (Å²) in [6, 6.07) is 6.61. The summed E-state index contributed by atoms with van der Waals surface area (Å²) in [6.07, 6.45) is 4.25. The third-order valence-corrected chi connectivity index (χ3v) is 5.67. The van der Waals surface area contributed by atoms with Gasteiger partial charge >= 0.3 is 0 Å². The van der Waals surface area contributed by atoms with E-state index in [1.54, 1.807) is 11.8 Å². The molecule has 2 aliphatic rings. The van der Waals surface area contributed by atoms with Gasteiger partial charge in [-0.15, -0.1) is 11.8 Å². The summed E-state index contributed by atoms with van der Waals surface area (Å²) in [5, 5.41) is 9.61. The van der Waals surface area contributed by atoms with Gasteiger partial charge in [-0.05, 0) is 55.9 Å². The number of thioether (sulfide) groups is 1. The van der Waals surface area contributed by atoms with Crippen LogP contribution in [0.2, 0.25) is 0 Å². The standard InChI is InChI=1S/C17H23NO2S/c1-12(19)15-7-8-18(10-15)17(20)11-21-16-6-5-13-3-2-4-14(13)9-16/h5-6,9,12,15,19H,2-4,7-8,10-11H2,1H3. The molecule has 1 aliphatic carbocycles. The number of carbonyl (C=O) groups is 1. The average Bonchev–Trinajstić information content (AvgIpc) is 3.12. The lowest BCUT2D eigenvalue weighted by Gasteiger charge is -2.17. The first kappa shape index (κ1) is 14.9. The minimum absolute atomic E-state index is 0.198. The van der Waals surface area contributed by atoms with Crippen molar-refractivity contribution >= 4 is 17.7 Å². The molecule has 2 unspecified atom stereocenters. The van der Waals surface area contributed by atoms with Crippen molar-refractivity contribution in [3.8, 4) is 0 Å². The minimum Gasteiger partial charge on any atom is -0.393 e. The molecule has 1 aliphatic heterocycles. The van der Waals surface area contributed by atoms with Gasteiger partial charge in [0.25, 0.3) is 0 Å².